The van der Waals surface area contributed by atoms with Crippen molar-refractivity contribution in [2.45, 2.75) is 85.2 Å². The van der Waals surface area contributed by atoms with Crippen molar-refractivity contribution >= 4 is 29.6 Å². The highest BCUT2D eigenvalue weighted by Crippen LogP contribution is 2.15. The third kappa shape index (κ3) is 13.2. The van der Waals surface area contributed by atoms with Crippen LogP contribution in [0.1, 0.15) is 58.4 Å². The van der Waals surface area contributed by atoms with Gasteiger partial charge in [-0.3, -0.25) is 29.4 Å². The largest absolute Gasteiger partial charge is 0.458 e. The zero-order chi connectivity index (χ0) is 35.9. The van der Waals surface area contributed by atoms with Gasteiger partial charge in [-0.25, -0.2) is 9.99 Å². The molecule has 13 heteroatoms. The first kappa shape index (κ1) is 38.4. The van der Waals surface area contributed by atoms with Crippen molar-refractivity contribution in [2.24, 2.45) is 11.8 Å². The van der Waals surface area contributed by atoms with Gasteiger partial charge in [-0.15, -0.1) is 0 Å². The number of H-pyrrole nitrogens is 1. The molecule has 5 N–H and O–H groups in total. The molecule has 49 heavy (non-hydrogen) atoms. The first-order valence-electron chi connectivity index (χ1n) is 16.5. The molecular weight excluding hydrogens is 626 g/mol. The number of hydrazine groups is 1. The molecule has 0 aliphatic carbocycles. The molecule has 0 aliphatic rings. The number of rotatable bonds is 18. The quantitative estimate of drug-likeness (QED) is 0.101. The van der Waals surface area contributed by atoms with Crippen molar-refractivity contribution in [1.82, 2.24) is 36.4 Å². The fourth-order valence-corrected chi connectivity index (χ4v) is 5.31. The monoisotopic (exact) mass is 675 g/mol. The van der Waals surface area contributed by atoms with E-state index in [1.54, 1.807) is 11.2 Å². The molecule has 0 saturated carbocycles. The second-order valence-electron chi connectivity index (χ2n) is 12.8. The van der Waals surface area contributed by atoms with E-state index in [1.165, 1.54) is 20.2 Å². The summed E-state index contributed by atoms with van der Waals surface area (Å²) in [5.41, 5.74) is 5.14. The van der Waals surface area contributed by atoms with Crippen molar-refractivity contribution in [2.75, 3.05) is 6.54 Å². The standard InChI is InChI=1S/C36H49N7O6/c1-23(2)33(39-25(5)44)35(47)41-30(17-27-13-9-7-10-14-27)31(49-32(46)18-29-19-37-22-38-29)21-43(20-28-15-11-8-12-16-28)42-36(48)34(24(3)4)40-26(6)45/h7-16,19,22-24,30-31,33-34H,17-18,20-21H2,1-6H3,(H,37,38)(H,39,44)(H,40,45)(H,41,47)(H,42,48)/t30?,31?,33-,34?/m0/s1. The molecule has 13 nitrogen and oxygen atoms in total. The molecule has 0 bridgehead atoms. The second kappa shape index (κ2) is 19.1. The first-order chi connectivity index (χ1) is 23.3. The van der Waals surface area contributed by atoms with Crippen molar-refractivity contribution in [3.63, 3.8) is 0 Å². The average Bonchev–Trinajstić information content (AvgIpc) is 3.55. The van der Waals surface area contributed by atoms with Crippen LogP contribution in [0.2, 0.25) is 0 Å². The summed E-state index contributed by atoms with van der Waals surface area (Å²) in [6.07, 6.45) is 2.20. The third-order valence-electron chi connectivity index (χ3n) is 7.74. The van der Waals surface area contributed by atoms with E-state index < -0.39 is 42.0 Å². The van der Waals surface area contributed by atoms with Gasteiger partial charge in [0.15, 0.2) is 0 Å². The predicted octanol–water partition coefficient (Wildman–Crippen LogP) is 2.45. The van der Waals surface area contributed by atoms with Crippen LogP contribution < -0.4 is 21.4 Å². The molecule has 1 heterocycles. The number of esters is 1. The number of carbonyl (C=O) groups is 5. The minimum Gasteiger partial charge on any atom is -0.458 e. The molecule has 4 atom stereocenters. The smallest absolute Gasteiger partial charge is 0.312 e. The van der Waals surface area contributed by atoms with E-state index in [4.69, 9.17) is 4.74 Å². The SMILES string of the molecule is CC(=O)NC(C(=O)NN(Cc1ccccc1)CC(OC(=O)Cc1c[nH]cn1)C(Cc1ccccc1)NC(=O)[C@@H](NC(C)=O)C(C)C)C(C)C. The van der Waals surface area contributed by atoms with Crippen LogP contribution >= 0.6 is 0 Å². The van der Waals surface area contributed by atoms with E-state index in [9.17, 15) is 24.0 Å². The van der Waals surface area contributed by atoms with Gasteiger partial charge in [0.05, 0.1) is 31.0 Å². The maximum atomic E-state index is 13.8. The summed E-state index contributed by atoms with van der Waals surface area (Å²) in [4.78, 5) is 71.8. The highest BCUT2D eigenvalue weighted by Gasteiger charge is 2.34. The summed E-state index contributed by atoms with van der Waals surface area (Å²) in [5.74, 6) is -2.64. The first-order valence-corrected chi connectivity index (χ1v) is 16.5. The molecule has 0 radical (unpaired) electrons. The van der Waals surface area contributed by atoms with E-state index in [2.05, 4.69) is 31.3 Å². The molecule has 0 fully saturated rings. The number of carbonyl (C=O) groups excluding carboxylic acids is 5. The van der Waals surface area contributed by atoms with Crippen LogP contribution in [-0.2, 0) is 48.1 Å². The van der Waals surface area contributed by atoms with E-state index in [-0.39, 0.29) is 49.6 Å². The van der Waals surface area contributed by atoms with Crippen molar-refractivity contribution < 1.29 is 28.7 Å². The highest BCUT2D eigenvalue weighted by atomic mass is 16.5. The molecule has 4 amide bonds. The number of nitrogens with one attached hydrogen (secondary N) is 5. The summed E-state index contributed by atoms with van der Waals surface area (Å²) in [6.45, 7) is 10.2. The van der Waals surface area contributed by atoms with Gasteiger partial charge in [0.1, 0.15) is 18.2 Å². The lowest BCUT2D eigenvalue weighted by atomic mass is 9.98. The van der Waals surface area contributed by atoms with Crippen LogP contribution in [0.15, 0.2) is 73.2 Å². The molecule has 2 aromatic carbocycles. The number of hydrogen-bond donors (Lipinski definition) is 5. The Morgan fingerprint density at radius 3 is 1.84 bits per heavy atom. The number of imidazole rings is 1. The molecule has 0 spiro atoms. The Kier molecular flexibility index (Phi) is 15.0. The Morgan fingerprint density at radius 2 is 1.33 bits per heavy atom. The zero-order valence-electron chi connectivity index (χ0n) is 29.1. The minimum absolute atomic E-state index is 0.0396. The van der Waals surface area contributed by atoms with Crippen molar-refractivity contribution in [3.8, 4) is 0 Å². The summed E-state index contributed by atoms with van der Waals surface area (Å²) >= 11 is 0. The Morgan fingerprint density at radius 1 is 0.776 bits per heavy atom. The number of nitrogens with zero attached hydrogens (tertiary/aromatic N) is 2. The minimum atomic E-state index is -0.997. The van der Waals surface area contributed by atoms with Gasteiger partial charge in [-0.2, -0.15) is 0 Å². The summed E-state index contributed by atoms with van der Waals surface area (Å²) in [7, 11) is 0. The van der Waals surface area contributed by atoms with Gasteiger partial charge in [0, 0.05) is 26.6 Å². The molecule has 0 saturated heterocycles. The lowest BCUT2D eigenvalue weighted by Gasteiger charge is -2.35. The van der Waals surface area contributed by atoms with Gasteiger partial charge >= 0.3 is 5.97 Å². The normalized spacial score (nSPS) is 13.7. The number of aromatic amines is 1. The summed E-state index contributed by atoms with van der Waals surface area (Å²) < 4.78 is 6.15. The Labute approximate surface area is 287 Å². The maximum absolute atomic E-state index is 13.8. The van der Waals surface area contributed by atoms with Crippen LogP contribution in [0.3, 0.4) is 0 Å². The van der Waals surface area contributed by atoms with Crippen molar-refractivity contribution in [3.05, 3.63) is 90.0 Å². The molecule has 3 rings (SSSR count). The second-order valence-corrected chi connectivity index (χ2v) is 12.8. The van der Waals surface area contributed by atoms with Gasteiger partial charge in [0.25, 0.3) is 5.91 Å². The fraction of sp³-hybridized carbons (Fsp3) is 0.444. The molecule has 264 valence electrons. The zero-order valence-corrected chi connectivity index (χ0v) is 29.1. The Balaban J connectivity index is 2.05. The third-order valence-corrected chi connectivity index (χ3v) is 7.74. The van der Waals surface area contributed by atoms with E-state index in [0.29, 0.717) is 5.69 Å². The maximum Gasteiger partial charge on any atom is 0.312 e. The van der Waals surface area contributed by atoms with Gasteiger partial charge in [0.2, 0.25) is 17.7 Å². The van der Waals surface area contributed by atoms with Gasteiger partial charge in [-0.1, -0.05) is 88.4 Å². The van der Waals surface area contributed by atoms with Gasteiger partial charge < -0.3 is 25.7 Å². The lowest BCUT2D eigenvalue weighted by molar-refractivity contribution is -0.153. The molecule has 3 unspecified atom stereocenters. The number of aromatic nitrogens is 2. The lowest BCUT2D eigenvalue weighted by Crippen LogP contribution is -2.59. The number of benzene rings is 2. The number of hydrogen-bond acceptors (Lipinski definition) is 8. The molecule has 1 aromatic heterocycles. The van der Waals surface area contributed by atoms with E-state index in [1.807, 2.05) is 88.4 Å². The van der Waals surface area contributed by atoms with Crippen LogP contribution in [0.4, 0.5) is 0 Å². The molecular formula is C36H49N7O6. The van der Waals surface area contributed by atoms with Crippen LogP contribution in [-0.4, -0.2) is 75.3 Å². The molecule has 0 aliphatic heterocycles. The average molecular weight is 676 g/mol. The van der Waals surface area contributed by atoms with Gasteiger partial charge in [-0.05, 0) is 29.4 Å². The van der Waals surface area contributed by atoms with Crippen LogP contribution in [0, 0.1) is 11.8 Å². The topological polar surface area (TPSA) is 175 Å². The van der Waals surface area contributed by atoms with Crippen LogP contribution in [0.25, 0.3) is 0 Å². The Bertz CT molecular complexity index is 1500. The van der Waals surface area contributed by atoms with Crippen LogP contribution in [0.5, 0.6) is 0 Å². The summed E-state index contributed by atoms with van der Waals surface area (Å²) in [5, 5.41) is 10.1. The predicted molar refractivity (Wildman–Crippen MR) is 184 cm³/mol. The van der Waals surface area contributed by atoms with Crippen molar-refractivity contribution in [1.29, 1.82) is 0 Å². The summed E-state index contributed by atoms with van der Waals surface area (Å²) in [6, 6.07) is 16.4. The Hall–Kier alpha value is -5.04. The number of amides is 4. The molecule has 3 aromatic rings. The fourth-order valence-electron chi connectivity index (χ4n) is 5.31. The van der Waals surface area contributed by atoms with E-state index in [0.717, 1.165) is 11.1 Å². The number of ether oxygens (including phenoxy) is 1. The highest BCUT2D eigenvalue weighted by molar-refractivity contribution is 5.87. The van der Waals surface area contributed by atoms with E-state index >= 15 is 0 Å².